The van der Waals surface area contributed by atoms with Gasteiger partial charge in [-0.25, -0.2) is 0 Å². The zero-order valence-corrected chi connectivity index (χ0v) is 17.2. The summed E-state index contributed by atoms with van der Waals surface area (Å²) >= 11 is 0. The molecule has 0 spiro atoms. The standard InChI is InChI=1S/C22H33N3O2/c1-16(2)22(7-8-24-11-9-23(4)10-12-24)14-20-25(21(22)26)15-18-13-17(3)5-6-19(18)27-20/h5-6,13,16,20H,7-12,14-15H2,1-4H3. The molecule has 3 heterocycles. The Morgan fingerprint density at radius 3 is 2.67 bits per heavy atom. The second-order valence-corrected chi connectivity index (χ2v) is 9.03. The van der Waals surface area contributed by atoms with Gasteiger partial charge in [-0.3, -0.25) is 4.79 Å². The van der Waals surface area contributed by atoms with E-state index in [1.54, 1.807) is 0 Å². The molecule has 3 aliphatic heterocycles. The maximum Gasteiger partial charge on any atom is 0.232 e. The summed E-state index contributed by atoms with van der Waals surface area (Å²) in [6, 6.07) is 6.30. The van der Waals surface area contributed by atoms with E-state index in [9.17, 15) is 4.79 Å². The first-order valence-electron chi connectivity index (χ1n) is 10.4. The Bertz CT molecular complexity index is 712. The Balaban J connectivity index is 1.50. The van der Waals surface area contributed by atoms with Gasteiger partial charge in [0.05, 0.1) is 12.0 Å². The van der Waals surface area contributed by atoms with Gasteiger partial charge in [-0.15, -0.1) is 0 Å². The number of carbonyl (C=O) groups is 1. The third-order valence-corrected chi connectivity index (χ3v) is 6.97. The molecule has 1 aromatic rings. The number of nitrogens with zero attached hydrogens (tertiary/aromatic N) is 3. The quantitative estimate of drug-likeness (QED) is 0.815. The topological polar surface area (TPSA) is 36.0 Å². The summed E-state index contributed by atoms with van der Waals surface area (Å²) in [6.07, 6.45) is 1.63. The van der Waals surface area contributed by atoms with Crippen molar-refractivity contribution in [1.82, 2.24) is 14.7 Å². The van der Waals surface area contributed by atoms with Crippen molar-refractivity contribution in [2.45, 2.75) is 46.4 Å². The van der Waals surface area contributed by atoms with E-state index in [4.69, 9.17) is 4.74 Å². The molecule has 0 radical (unpaired) electrons. The number of ether oxygens (including phenoxy) is 1. The molecule has 5 heteroatoms. The lowest BCUT2D eigenvalue weighted by atomic mass is 9.72. The van der Waals surface area contributed by atoms with Crippen LogP contribution in [0, 0.1) is 18.3 Å². The fourth-order valence-electron chi connectivity index (χ4n) is 4.89. The summed E-state index contributed by atoms with van der Waals surface area (Å²) in [5.74, 6) is 1.56. The predicted octanol–water partition coefficient (Wildman–Crippen LogP) is 2.73. The number of amides is 1. The molecule has 1 aromatic carbocycles. The normalized spacial score (nSPS) is 29.0. The van der Waals surface area contributed by atoms with Crippen LogP contribution in [0.4, 0.5) is 0 Å². The Hall–Kier alpha value is -1.59. The zero-order valence-electron chi connectivity index (χ0n) is 17.2. The lowest BCUT2D eigenvalue weighted by Crippen LogP contribution is -2.47. The summed E-state index contributed by atoms with van der Waals surface area (Å²) in [7, 11) is 2.18. The van der Waals surface area contributed by atoms with E-state index in [0.717, 1.165) is 56.9 Å². The molecule has 2 saturated heterocycles. The SMILES string of the molecule is Cc1ccc2c(c1)CN1C(=O)C(CCN3CCN(C)CC3)(C(C)C)CC1O2. The maximum atomic E-state index is 13.5. The van der Waals surface area contributed by atoms with Gasteiger partial charge in [0.1, 0.15) is 5.75 Å². The summed E-state index contributed by atoms with van der Waals surface area (Å²) < 4.78 is 6.28. The molecule has 0 saturated carbocycles. The molecule has 0 aliphatic carbocycles. The van der Waals surface area contributed by atoms with Gasteiger partial charge in [0.25, 0.3) is 0 Å². The number of likely N-dealkylation sites (N-methyl/N-ethyl adjacent to an activating group) is 1. The highest BCUT2D eigenvalue weighted by Gasteiger charge is 2.55. The lowest BCUT2D eigenvalue weighted by molar-refractivity contribution is -0.142. The molecular weight excluding hydrogens is 338 g/mol. The lowest BCUT2D eigenvalue weighted by Gasteiger charge is -2.37. The Kier molecular flexibility index (Phi) is 4.93. The van der Waals surface area contributed by atoms with Gasteiger partial charge in [0.2, 0.25) is 5.91 Å². The summed E-state index contributed by atoms with van der Waals surface area (Å²) in [6.45, 7) is 12.6. The van der Waals surface area contributed by atoms with Gasteiger partial charge in [0, 0.05) is 38.2 Å². The monoisotopic (exact) mass is 371 g/mol. The van der Waals surface area contributed by atoms with Gasteiger partial charge in [0.15, 0.2) is 6.23 Å². The molecule has 4 rings (SSSR count). The number of benzene rings is 1. The highest BCUT2D eigenvalue weighted by molar-refractivity contribution is 5.86. The van der Waals surface area contributed by atoms with Crippen LogP contribution in [0.5, 0.6) is 5.75 Å². The first kappa shape index (κ1) is 18.8. The van der Waals surface area contributed by atoms with Crippen molar-refractivity contribution in [3.63, 3.8) is 0 Å². The molecule has 1 amide bonds. The summed E-state index contributed by atoms with van der Waals surface area (Å²) in [5, 5.41) is 0. The van der Waals surface area contributed by atoms with Crippen LogP contribution in [0.2, 0.25) is 0 Å². The van der Waals surface area contributed by atoms with Crippen LogP contribution >= 0.6 is 0 Å². The van der Waals surface area contributed by atoms with E-state index in [0.29, 0.717) is 18.4 Å². The number of fused-ring (bicyclic) bond motifs is 2. The van der Waals surface area contributed by atoms with Crippen molar-refractivity contribution in [1.29, 1.82) is 0 Å². The average molecular weight is 372 g/mol. The second kappa shape index (κ2) is 7.10. The minimum absolute atomic E-state index is 0.109. The van der Waals surface area contributed by atoms with Crippen molar-refractivity contribution >= 4 is 5.91 Å². The average Bonchev–Trinajstić information content (AvgIpc) is 2.92. The van der Waals surface area contributed by atoms with Gasteiger partial charge >= 0.3 is 0 Å². The zero-order chi connectivity index (χ0) is 19.2. The van der Waals surface area contributed by atoms with E-state index in [-0.39, 0.29) is 11.6 Å². The molecular formula is C22H33N3O2. The van der Waals surface area contributed by atoms with E-state index < -0.39 is 0 Å². The van der Waals surface area contributed by atoms with E-state index in [1.165, 1.54) is 5.56 Å². The molecule has 2 unspecified atom stereocenters. The number of piperazine rings is 1. The molecule has 2 fully saturated rings. The fourth-order valence-corrected chi connectivity index (χ4v) is 4.89. The van der Waals surface area contributed by atoms with Crippen LogP contribution in [0.15, 0.2) is 18.2 Å². The molecule has 2 atom stereocenters. The Morgan fingerprint density at radius 1 is 1.22 bits per heavy atom. The van der Waals surface area contributed by atoms with Gasteiger partial charge in [-0.2, -0.15) is 0 Å². The Labute approximate surface area is 163 Å². The van der Waals surface area contributed by atoms with E-state index >= 15 is 0 Å². The molecule has 0 bridgehead atoms. The van der Waals surface area contributed by atoms with Crippen LogP contribution < -0.4 is 4.74 Å². The van der Waals surface area contributed by atoms with Gasteiger partial charge in [-0.1, -0.05) is 31.5 Å². The van der Waals surface area contributed by atoms with E-state index in [2.05, 4.69) is 55.8 Å². The molecule has 27 heavy (non-hydrogen) atoms. The van der Waals surface area contributed by atoms with Crippen LogP contribution in [-0.4, -0.2) is 66.6 Å². The number of hydrogen-bond donors (Lipinski definition) is 0. The number of hydrogen-bond acceptors (Lipinski definition) is 4. The van der Waals surface area contributed by atoms with Crippen molar-refractivity contribution in [3.8, 4) is 5.75 Å². The maximum absolute atomic E-state index is 13.5. The van der Waals surface area contributed by atoms with Crippen molar-refractivity contribution in [2.75, 3.05) is 39.8 Å². The van der Waals surface area contributed by atoms with Crippen LogP contribution in [0.1, 0.15) is 37.8 Å². The first-order valence-corrected chi connectivity index (χ1v) is 10.4. The molecule has 3 aliphatic rings. The van der Waals surface area contributed by atoms with Gasteiger partial charge < -0.3 is 19.4 Å². The third-order valence-electron chi connectivity index (χ3n) is 6.97. The minimum Gasteiger partial charge on any atom is -0.470 e. The van der Waals surface area contributed by atoms with Crippen molar-refractivity contribution in [2.24, 2.45) is 11.3 Å². The van der Waals surface area contributed by atoms with Gasteiger partial charge in [-0.05, 0) is 38.9 Å². The second-order valence-electron chi connectivity index (χ2n) is 9.03. The fraction of sp³-hybridized carbons (Fsp3) is 0.682. The number of rotatable bonds is 4. The Morgan fingerprint density at radius 2 is 1.96 bits per heavy atom. The molecule has 0 N–H and O–H groups in total. The largest absolute Gasteiger partial charge is 0.470 e. The third kappa shape index (κ3) is 3.36. The molecule has 148 valence electrons. The highest BCUT2D eigenvalue weighted by Crippen LogP contribution is 2.48. The number of aryl methyl sites for hydroxylation is 1. The predicted molar refractivity (Wildman–Crippen MR) is 107 cm³/mol. The first-order chi connectivity index (χ1) is 12.9. The molecule has 0 aromatic heterocycles. The molecule has 5 nitrogen and oxygen atoms in total. The van der Waals surface area contributed by atoms with Crippen molar-refractivity contribution in [3.05, 3.63) is 29.3 Å². The van der Waals surface area contributed by atoms with Crippen LogP contribution in [0.25, 0.3) is 0 Å². The van der Waals surface area contributed by atoms with Crippen LogP contribution in [0.3, 0.4) is 0 Å². The minimum atomic E-state index is -0.300. The van der Waals surface area contributed by atoms with Crippen LogP contribution in [-0.2, 0) is 11.3 Å². The van der Waals surface area contributed by atoms with E-state index in [1.807, 2.05) is 4.90 Å². The smallest absolute Gasteiger partial charge is 0.232 e. The summed E-state index contributed by atoms with van der Waals surface area (Å²) in [4.78, 5) is 20.4. The van der Waals surface area contributed by atoms with Crippen molar-refractivity contribution < 1.29 is 9.53 Å². The summed E-state index contributed by atoms with van der Waals surface area (Å²) in [5.41, 5.74) is 2.05. The number of carbonyl (C=O) groups excluding carboxylic acids is 1. The highest BCUT2D eigenvalue weighted by atomic mass is 16.5.